The highest BCUT2D eigenvalue weighted by molar-refractivity contribution is 5.76. The summed E-state index contributed by atoms with van der Waals surface area (Å²) >= 11 is 0. The van der Waals surface area contributed by atoms with Crippen molar-refractivity contribution in [2.45, 2.75) is 180 Å². The molecule has 2 unspecified atom stereocenters. The SMILES string of the molecule is CCC/C=C/C(O)C(CO)NC(=O)CCCCCCCCCCCCCCCCCCCCCCC. The first-order valence-electron chi connectivity index (χ1n) is 15.9. The van der Waals surface area contributed by atoms with Crippen LogP contribution in [0.15, 0.2) is 12.2 Å². The molecule has 0 radical (unpaired) electrons. The Labute approximate surface area is 225 Å². The number of aliphatic hydroxyl groups is 2. The lowest BCUT2D eigenvalue weighted by atomic mass is 10.0. The van der Waals surface area contributed by atoms with Gasteiger partial charge in [-0.1, -0.05) is 161 Å². The molecule has 0 aliphatic rings. The van der Waals surface area contributed by atoms with Gasteiger partial charge in [-0.3, -0.25) is 4.79 Å². The van der Waals surface area contributed by atoms with E-state index in [0.717, 1.165) is 25.7 Å². The van der Waals surface area contributed by atoms with Crippen molar-refractivity contribution in [1.29, 1.82) is 0 Å². The maximum atomic E-state index is 12.1. The third kappa shape index (κ3) is 24.8. The fourth-order valence-corrected chi connectivity index (χ4v) is 4.77. The summed E-state index contributed by atoms with van der Waals surface area (Å²) in [4.78, 5) is 12.1. The Morgan fingerprint density at radius 1 is 0.639 bits per heavy atom. The van der Waals surface area contributed by atoms with E-state index < -0.39 is 12.1 Å². The van der Waals surface area contributed by atoms with Crippen LogP contribution in [0, 0.1) is 0 Å². The number of hydrogen-bond donors (Lipinski definition) is 3. The van der Waals surface area contributed by atoms with Crippen LogP contribution in [0.25, 0.3) is 0 Å². The minimum atomic E-state index is -0.829. The van der Waals surface area contributed by atoms with Crippen molar-refractivity contribution in [3.63, 3.8) is 0 Å². The highest BCUT2D eigenvalue weighted by Crippen LogP contribution is 2.15. The quantitative estimate of drug-likeness (QED) is 0.0729. The second kappa shape index (κ2) is 28.7. The van der Waals surface area contributed by atoms with Crippen molar-refractivity contribution >= 4 is 5.91 Å². The topological polar surface area (TPSA) is 69.6 Å². The van der Waals surface area contributed by atoms with Crippen LogP contribution in [0.2, 0.25) is 0 Å². The number of unbranched alkanes of at least 4 members (excludes halogenated alkanes) is 21. The van der Waals surface area contributed by atoms with E-state index in [9.17, 15) is 15.0 Å². The number of carbonyl (C=O) groups is 1. The Morgan fingerprint density at radius 3 is 1.39 bits per heavy atom. The van der Waals surface area contributed by atoms with Crippen LogP contribution >= 0.6 is 0 Å². The number of nitrogens with one attached hydrogen (secondary N) is 1. The second-order valence-electron chi connectivity index (χ2n) is 10.9. The fraction of sp³-hybridized carbons (Fsp3) is 0.906. The summed E-state index contributed by atoms with van der Waals surface area (Å²) in [5, 5.41) is 22.3. The van der Waals surface area contributed by atoms with Crippen LogP contribution in [0.3, 0.4) is 0 Å². The summed E-state index contributed by atoms with van der Waals surface area (Å²) in [7, 11) is 0. The lowest BCUT2D eigenvalue weighted by Gasteiger charge is -2.19. The van der Waals surface area contributed by atoms with E-state index in [1.54, 1.807) is 6.08 Å². The minimum Gasteiger partial charge on any atom is -0.394 e. The van der Waals surface area contributed by atoms with Gasteiger partial charge in [-0.2, -0.15) is 0 Å². The second-order valence-corrected chi connectivity index (χ2v) is 10.9. The molecule has 0 spiro atoms. The summed E-state index contributed by atoms with van der Waals surface area (Å²) in [6.07, 6.45) is 33.5. The molecule has 36 heavy (non-hydrogen) atoms. The van der Waals surface area contributed by atoms with Crippen LogP contribution in [-0.2, 0) is 4.79 Å². The molecule has 0 fully saturated rings. The van der Waals surface area contributed by atoms with E-state index in [2.05, 4.69) is 19.2 Å². The summed E-state index contributed by atoms with van der Waals surface area (Å²) in [6, 6.07) is -0.611. The first-order valence-corrected chi connectivity index (χ1v) is 15.9. The van der Waals surface area contributed by atoms with Crippen molar-refractivity contribution in [1.82, 2.24) is 5.32 Å². The lowest BCUT2D eigenvalue weighted by molar-refractivity contribution is -0.123. The molecule has 0 bridgehead atoms. The van der Waals surface area contributed by atoms with Crippen LogP contribution in [0.4, 0.5) is 0 Å². The molecular weight excluding hydrogens is 446 g/mol. The summed E-state index contributed by atoms with van der Waals surface area (Å²) in [5.74, 6) is -0.0743. The molecule has 4 nitrogen and oxygen atoms in total. The zero-order chi connectivity index (χ0) is 26.5. The Kier molecular flexibility index (Phi) is 28.0. The molecular formula is C32H63NO3. The zero-order valence-corrected chi connectivity index (χ0v) is 24.3. The van der Waals surface area contributed by atoms with Gasteiger partial charge in [-0.25, -0.2) is 0 Å². The number of carbonyl (C=O) groups excluding carboxylic acids is 1. The first-order chi connectivity index (χ1) is 17.7. The molecule has 0 aliphatic carbocycles. The molecule has 0 aromatic rings. The molecule has 0 aliphatic heterocycles. The van der Waals surface area contributed by atoms with Crippen molar-refractivity contribution < 1.29 is 15.0 Å². The molecule has 214 valence electrons. The standard InChI is InChI=1S/C32H63NO3/c1-3-5-7-8-9-10-11-12-13-14-15-16-17-18-19-20-21-22-23-24-26-28-32(36)33-30(29-34)31(35)27-25-6-4-2/h25,27,30-31,34-35H,3-24,26,28-29H2,1-2H3,(H,33,36)/b27-25+. The average Bonchev–Trinajstić information content (AvgIpc) is 2.88. The van der Waals surface area contributed by atoms with E-state index in [1.165, 1.54) is 122 Å². The van der Waals surface area contributed by atoms with E-state index >= 15 is 0 Å². The normalized spacial score (nSPS) is 13.3. The highest BCUT2D eigenvalue weighted by Gasteiger charge is 2.17. The number of hydrogen-bond acceptors (Lipinski definition) is 3. The van der Waals surface area contributed by atoms with Crippen molar-refractivity contribution in [2.24, 2.45) is 0 Å². The van der Waals surface area contributed by atoms with Crippen LogP contribution in [0.5, 0.6) is 0 Å². The number of aliphatic hydroxyl groups excluding tert-OH is 2. The highest BCUT2D eigenvalue weighted by atomic mass is 16.3. The molecule has 0 rings (SSSR count). The molecule has 0 saturated carbocycles. The van der Waals surface area contributed by atoms with E-state index in [1.807, 2.05) is 6.08 Å². The van der Waals surface area contributed by atoms with Gasteiger partial charge in [0.15, 0.2) is 0 Å². The Morgan fingerprint density at radius 2 is 1.03 bits per heavy atom. The first kappa shape index (κ1) is 35.1. The molecule has 0 heterocycles. The fourth-order valence-electron chi connectivity index (χ4n) is 4.77. The van der Waals surface area contributed by atoms with Gasteiger partial charge in [0.05, 0.1) is 18.8 Å². The van der Waals surface area contributed by atoms with E-state index in [4.69, 9.17) is 0 Å². The molecule has 0 aromatic carbocycles. The molecule has 2 atom stereocenters. The van der Waals surface area contributed by atoms with Crippen LogP contribution < -0.4 is 5.32 Å². The summed E-state index contributed by atoms with van der Waals surface area (Å²) in [6.45, 7) is 4.11. The predicted octanol–water partition coefficient (Wildman–Crippen LogP) is 8.78. The van der Waals surface area contributed by atoms with E-state index in [0.29, 0.717) is 6.42 Å². The monoisotopic (exact) mass is 509 g/mol. The van der Waals surface area contributed by atoms with Crippen molar-refractivity contribution in [2.75, 3.05) is 6.61 Å². The minimum absolute atomic E-state index is 0.0743. The number of allylic oxidation sites excluding steroid dienone is 1. The largest absolute Gasteiger partial charge is 0.394 e. The van der Waals surface area contributed by atoms with Gasteiger partial charge >= 0.3 is 0 Å². The van der Waals surface area contributed by atoms with Crippen LogP contribution in [0.1, 0.15) is 168 Å². The smallest absolute Gasteiger partial charge is 0.220 e. The van der Waals surface area contributed by atoms with Gasteiger partial charge < -0.3 is 15.5 Å². The van der Waals surface area contributed by atoms with Crippen molar-refractivity contribution in [3.8, 4) is 0 Å². The Bertz CT molecular complexity index is 480. The van der Waals surface area contributed by atoms with Gasteiger partial charge in [0.25, 0.3) is 0 Å². The number of amides is 1. The average molecular weight is 510 g/mol. The van der Waals surface area contributed by atoms with E-state index in [-0.39, 0.29) is 12.5 Å². The Hall–Kier alpha value is -0.870. The molecule has 4 heteroatoms. The van der Waals surface area contributed by atoms with Gasteiger partial charge in [-0.15, -0.1) is 0 Å². The van der Waals surface area contributed by atoms with Crippen molar-refractivity contribution in [3.05, 3.63) is 12.2 Å². The predicted molar refractivity (Wildman–Crippen MR) is 156 cm³/mol. The zero-order valence-electron chi connectivity index (χ0n) is 24.3. The van der Waals surface area contributed by atoms with Gasteiger partial charge in [0.1, 0.15) is 0 Å². The third-order valence-corrected chi connectivity index (χ3v) is 7.25. The van der Waals surface area contributed by atoms with Crippen LogP contribution in [-0.4, -0.2) is 34.9 Å². The summed E-state index contributed by atoms with van der Waals surface area (Å²) < 4.78 is 0. The van der Waals surface area contributed by atoms with Gasteiger partial charge in [-0.05, 0) is 12.8 Å². The van der Waals surface area contributed by atoms with Gasteiger partial charge in [0, 0.05) is 6.42 Å². The molecule has 3 N–H and O–H groups in total. The molecule has 1 amide bonds. The maximum Gasteiger partial charge on any atom is 0.220 e. The number of rotatable bonds is 28. The Balaban J connectivity index is 3.36. The lowest BCUT2D eigenvalue weighted by Crippen LogP contribution is -2.45. The van der Waals surface area contributed by atoms with Gasteiger partial charge in [0.2, 0.25) is 5.91 Å². The summed E-state index contributed by atoms with van der Waals surface area (Å²) in [5.41, 5.74) is 0. The molecule has 0 saturated heterocycles. The third-order valence-electron chi connectivity index (χ3n) is 7.25. The molecule has 0 aromatic heterocycles. The maximum absolute atomic E-state index is 12.1.